The van der Waals surface area contributed by atoms with Crippen molar-refractivity contribution >= 4 is 16.9 Å². The van der Waals surface area contributed by atoms with Crippen LogP contribution < -0.4 is 4.74 Å². The van der Waals surface area contributed by atoms with E-state index in [1.165, 1.54) is 7.11 Å². The molecule has 0 bridgehead atoms. The van der Waals surface area contributed by atoms with Gasteiger partial charge in [-0.1, -0.05) is 0 Å². The molecular formula is C14H15NO4. The highest BCUT2D eigenvalue weighted by molar-refractivity contribution is 6.03. The lowest BCUT2D eigenvalue weighted by molar-refractivity contribution is 0.0602. The Morgan fingerprint density at radius 2 is 2.37 bits per heavy atom. The number of aromatic amines is 1. The van der Waals surface area contributed by atoms with E-state index in [-0.39, 0.29) is 12.1 Å². The third-order valence-corrected chi connectivity index (χ3v) is 3.23. The van der Waals surface area contributed by atoms with E-state index < -0.39 is 0 Å². The third kappa shape index (κ3) is 2.29. The number of hydrogen-bond acceptors (Lipinski definition) is 4. The van der Waals surface area contributed by atoms with E-state index in [1.807, 2.05) is 12.1 Å². The fraction of sp³-hybridized carbons (Fsp3) is 0.357. The lowest BCUT2D eigenvalue weighted by Gasteiger charge is -2.13. The predicted molar refractivity (Wildman–Crippen MR) is 69.5 cm³/mol. The first-order valence-electron chi connectivity index (χ1n) is 6.22. The van der Waals surface area contributed by atoms with Crippen LogP contribution in [0.15, 0.2) is 24.4 Å². The van der Waals surface area contributed by atoms with Crippen molar-refractivity contribution in [3.63, 3.8) is 0 Å². The summed E-state index contributed by atoms with van der Waals surface area (Å²) in [6, 6.07) is 5.53. The van der Waals surface area contributed by atoms with Crippen molar-refractivity contribution in [3.8, 4) is 5.75 Å². The molecule has 1 aromatic carbocycles. The minimum Gasteiger partial charge on any atom is -0.488 e. The molecule has 3 rings (SSSR count). The van der Waals surface area contributed by atoms with Crippen LogP contribution in [0.25, 0.3) is 10.9 Å². The third-order valence-electron chi connectivity index (χ3n) is 3.23. The average molecular weight is 261 g/mol. The van der Waals surface area contributed by atoms with Gasteiger partial charge in [-0.25, -0.2) is 4.79 Å². The second-order valence-electron chi connectivity index (χ2n) is 4.51. The quantitative estimate of drug-likeness (QED) is 0.860. The van der Waals surface area contributed by atoms with E-state index >= 15 is 0 Å². The van der Waals surface area contributed by atoms with E-state index in [0.29, 0.717) is 17.9 Å². The summed E-state index contributed by atoms with van der Waals surface area (Å²) in [7, 11) is 1.37. The van der Waals surface area contributed by atoms with Gasteiger partial charge >= 0.3 is 5.97 Å². The van der Waals surface area contributed by atoms with E-state index in [0.717, 1.165) is 23.9 Å². The number of nitrogens with one attached hydrogen (secondary N) is 1. The van der Waals surface area contributed by atoms with E-state index in [4.69, 9.17) is 14.2 Å². The predicted octanol–water partition coefficient (Wildman–Crippen LogP) is 2.12. The van der Waals surface area contributed by atoms with Crippen LogP contribution in [0.5, 0.6) is 5.75 Å². The van der Waals surface area contributed by atoms with Gasteiger partial charge in [0.25, 0.3) is 0 Å². The zero-order valence-corrected chi connectivity index (χ0v) is 10.6. The molecule has 1 atom stereocenters. The van der Waals surface area contributed by atoms with Crippen LogP contribution in [0.2, 0.25) is 0 Å². The van der Waals surface area contributed by atoms with Crippen LogP contribution in [0.1, 0.15) is 16.8 Å². The van der Waals surface area contributed by atoms with Gasteiger partial charge in [0, 0.05) is 18.0 Å². The van der Waals surface area contributed by atoms with Crippen LogP contribution >= 0.6 is 0 Å². The number of carbonyl (C=O) groups is 1. The highest BCUT2D eigenvalue weighted by Gasteiger charge is 2.19. The SMILES string of the molecule is COC(=O)c1cc(O[C@H]2CCOC2)cc2cc[nH]c12. The average Bonchev–Trinajstić information content (AvgIpc) is 3.07. The first kappa shape index (κ1) is 12.0. The van der Waals surface area contributed by atoms with Gasteiger partial charge in [-0.15, -0.1) is 0 Å². The van der Waals surface area contributed by atoms with Gasteiger partial charge in [0.1, 0.15) is 11.9 Å². The van der Waals surface area contributed by atoms with E-state index in [9.17, 15) is 4.79 Å². The molecule has 2 aromatic rings. The lowest BCUT2D eigenvalue weighted by Crippen LogP contribution is -2.16. The molecule has 1 fully saturated rings. The molecule has 1 aliphatic rings. The number of rotatable bonds is 3. The summed E-state index contributed by atoms with van der Waals surface area (Å²) in [5, 5.41) is 0.928. The molecule has 0 unspecified atom stereocenters. The maximum atomic E-state index is 11.8. The van der Waals surface area contributed by atoms with Crippen molar-refractivity contribution in [3.05, 3.63) is 30.0 Å². The maximum absolute atomic E-state index is 11.8. The Morgan fingerprint density at radius 3 is 3.11 bits per heavy atom. The van der Waals surface area contributed by atoms with Gasteiger partial charge in [-0.3, -0.25) is 0 Å². The molecule has 19 heavy (non-hydrogen) atoms. The fourth-order valence-corrected chi connectivity index (χ4v) is 2.28. The lowest BCUT2D eigenvalue weighted by atomic mass is 10.1. The summed E-state index contributed by atoms with van der Waals surface area (Å²) in [6.07, 6.45) is 2.72. The Kier molecular flexibility index (Phi) is 3.13. The van der Waals surface area contributed by atoms with Gasteiger partial charge in [-0.2, -0.15) is 0 Å². The monoisotopic (exact) mass is 261 g/mol. The summed E-state index contributed by atoms with van der Waals surface area (Å²) in [6.45, 7) is 1.32. The largest absolute Gasteiger partial charge is 0.488 e. The molecule has 0 spiro atoms. The van der Waals surface area contributed by atoms with Gasteiger partial charge < -0.3 is 19.2 Å². The number of esters is 1. The molecule has 0 amide bonds. The summed E-state index contributed by atoms with van der Waals surface area (Å²) in [4.78, 5) is 14.8. The Bertz CT molecular complexity index is 599. The Balaban J connectivity index is 1.97. The van der Waals surface area contributed by atoms with Crippen LogP contribution in [-0.4, -0.2) is 37.4 Å². The van der Waals surface area contributed by atoms with Crippen molar-refractivity contribution < 1.29 is 19.0 Å². The molecule has 5 nitrogen and oxygen atoms in total. The standard InChI is InChI=1S/C14H15NO4/c1-17-14(16)12-7-11(19-10-3-5-18-8-10)6-9-2-4-15-13(9)12/h2,4,6-7,10,15H,3,5,8H2,1H3/t10-/m0/s1. The second-order valence-corrected chi connectivity index (χ2v) is 4.51. The summed E-state index contributed by atoms with van der Waals surface area (Å²) >= 11 is 0. The molecule has 1 saturated heterocycles. The maximum Gasteiger partial charge on any atom is 0.340 e. The van der Waals surface area contributed by atoms with Crippen molar-refractivity contribution in [2.75, 3.05) is 20.3 Å². The number of aromatic nitrogens is 1. The first-order chi connectivity index (χ1) is 9.28. The zero-order chi connectivity index (χ0) is 13.2. The first-order valence-corrected chi connectivity index (χ1v) is 6.22. The van der Waals surface area contributed by atoms with Crippen LogP contribution in [0.3, 0.4) is 0 Å². The minimum absolute atomic E-state index is 0.0573. The number of benzene rings is 1. The molecule has 2 heterocycles. The topological polar surface area (TPSA) is 60.6 Å². The van der Waals surface area contributed by atoms with Crippen LogP contribution in [0, 0.1) is 0 Å². The normalized spacial score (nSPS) is 18.7. The van der Waals surface area contributed by atoms with Crippen molar-refractivity contribution in [2.24, 2.45) is 0 Å². The Hall–Kier alpha value is -2.01. The molecule has 1 aliphatic heterocycles. The second kappa shape index (κ2) is 4.93. The van der Waals surface area contributed by atoms with Crippen molar-refractivity contribution in [2.45, 2.75) is 12.5 Å². The Labute approximate surface area is 110 Å². The van der Waals surface area contributed by atoms with Gasteiger partial charge in [0.05, 0.1) is 31.4 Å². The number of H-pyrrole nitrogens is 1. The molecule has 0 aliphatic carbocycles. The molecule has 5 heteroatoms. The number of carbonyl (C=O) groups excluding carboxylic acids is 1. The highest BCUT2D eigenvalue weighted by Crippen LogP contribution is 2.27. The number of hydrogen-bond donors (Lipinski definition) is 1. The molecule has 1 aromatic heterocycles. The number of fused-ring (bicyclic) bond motifs is 1. The number of ether oxygens (including phenoxy) is 3. The molecular weight excluding hydrogens is 246 g/mol. The van der Waals surface area contributed by atoms with Gasteiger partial charge in [0.15, 0.2) is 0 Å². The molecule has 0 saturated carbocycles. The fourth-order valence-electron chi connectivity index (χ4n) is 2.28. The summed E-state index contributed by atoms with van der Waals surface area (Å²) < 4.78 is 15.9. The van der Waals surface area contributed by atoms with Crippen molar-refractivity contribution in [1.82, 2.24) is 4.98 Å². The smallest absolute Gasteiger partial charge is 0.340 e. The number of methoxy groups -OCH3 is 1. The van der Waals surface area contributed by atoms with Crippen LogP contribution in [0.4, 0.5) is 0 Å². The molecule has 0 radical (unpaired) electrons. The zero-order valence-electron chi connectivity index (χ0n) is 10.6. The highest BCUT2D eigenvalue weighted by atomic mass is 16.5. The van der Waals surface area contributed by atoms with Crippen LogP contribution in [-0.2, 0) is 9.47 Å². The van der Waals surface area contributed by atoms with E-state index in [1.54, 1.807) is 12.3 Å². The minimum atomic E-state index is -0.374. The summed E-state index contributed by atoms with van der Waals surface area (Å²) in [5.41, 5.74) is 1.25. The van der Waals surface area contributed by atoms with Gasteiger partial charge in [-0.05, 0) is 18.2 Å². The summed E-state index contributed by atoms with van der Waals surface area (Å²) in [5.74, 6) is 0.295. The van der Waals surface area contributed by atoms with Gasteiger partial charge in [0.2, 0.25) is 0 Å². The van der Waals surface area contributed by atoms with Crippen molar-refractivity contribution in [1.29, 1.82) is 0 Å². The molecule has 100 valence electrons. The molecule has 1 N–H and O–H groups in total. The van der Waals surface area contributed by atoms with E-state index in [2.05, 4.69) is 4.98 Å². The Morgan fingerprint density at radius 1 is 1.47 bits per heavy atom.